The third-order valence-electron chi connectivity index (χ3n) is 5.11. The van der Waals surface area contributed by atoms with E-state index in [9.17, 15) is 20.3 Å². The Labute approximate surface area is 155 Å². The van der Waals surface area contributed by atoms with Gasteiger partial charge in [-0.05, 0) is 38.1 Å². The highest BCUT2D eigenvalue weighted by Gasteiger charge is 2.44. The molecule has 1 aliphatic rings. The standard InChI is InChI=1S/C21H18N2O4/c1-21(2)19(24)18(14-9-12(10-22)7-8-17(14)27-21)23-11-15(20(25)26)13-5-3-4-6-16(13)23/h3-9,11,18-19,24H,1-2H3,(H,25,26). The molecule has 0 bridgehead atoms. The van der Waals surface area contributed by atoms with Gasteiger partial charge in [0.2, 0.25) is 0 Å². The SMILES string of the molecule is CC1(C)Oc2ccc(C#N)cc2C(n2cc(C(=O)O)c3ccccc32)C1O. The van der Waals surface area contributed by atoms with Gasteiger partial charge in [-0.2, -0.15) is 5.26 Å². The van der Waals surface area contributed by atoms with E-state index in [-0.39, 0.29) is 5.56 Å². The maximum absolute atomic E-state index is 11.7. The van der Waals surface area contributed by atoms with E-state index in [1.165, 1.54) is 0 Å². The van der Waals surface area contributed by atoms with Crippen molar-refractivity contribution in [3.8, 4) is 11.8 Å². The van der Waals surface area contributed by atoms with Crippen LogP contribution >= 0.6 is 0 Å². The molecule has 0 amide bonds. The summed E-state index contributed by atoms with van der Waals surface area (Å²) in [6.07, 6.45) is 0.599. The van der Waals surface area contributed by atoms with Gasteiger partial charge >= 0.3 is 5.97 Å². The Balaban J connectivity index is 2.03. The van der Waals surface area contributed by atoms with E-state index in [0.29, 0.717) is 27.8 Å². The third-order valence-corrected chi connectivity index (χ3v) is 5.11. The lowest BCUT2D eigenvalue weighted by Gasteiger charge is -2.43. The third kappa shape index (κ3) is 2.56. The summed E-state index contributed by atoms with van der Waals surface area (Å²) < 4.78 is 7.73. The topological polar surface area (TPSA) is 95.5 Å². The summed E-state index contributed by atoms with van der Waals surface area (Å²) in [7, 11) is 0. The van der Waals surface area contributed by atoms with Gasteiger partial charge in [0.25, 0.3) is 0 Å². The number of carbonyl (C=O) groups is 1. The molecular weight excluding hydrogens is 344 g/mol. The number of aliphatic hydroxyl groups excluding tert-OH is 1. The number of carboxylic acid groups (broad SMARTS) is 1. The van der Waals surface area contributed by atoms with Crippen LogP contribution in [0.2, 0.25) is 0 Å². The Bertz CT molecular complexity index is 1110. The summed E-state index contributed by atoms with van der Waals surface area (Å²) in [4.78, 5) is 11.7. The van der Waals surface area contributed by atoms with E-state index < -0.39 is 23.7 Å². The van der Waals surface area contributed by atoms with Crippen molar-refractivity contribution in [1.82, 2.24) is 4.57 Å². The second kappa shape index (κ2) is 5.86. The van der Waals surface area contributed by atoms with Crippen LogP contribution in [0.25, 0.3) is 10.9 Å². The maximum Gasteiger partial charge on any atom is 0.337 e. The zero-order valence-corrected chi connectivity index (χ0v) is 14.9. The summed E-state index contributed by atoms with van der Waals surface area (Å²) in [6, 6.07) is 13.8. The Morgan fingerprint density at radius 1 is 1.26 bits per heavy atom. The first-order valence-electron chi connectivity index (χ1n) is 8.57. The van der Waals surface area contributed by atoms with Crippen molar-refractivity contribution in [1.29, 1.82) is 5.26 Å². The molecule has 4 rings (SSSR count). The van der Waals surface area contributed by atoms with Gasteiger partial charge < -0.3 is 19.5 Å². The van der Waals surface area contributed by atoms with E-state index in [1.807, 2.05) is 12.1 Å². The van der Waals surface area contributed by atoms with Crippen LogP contribution < -0.4 is 4.74 Å². The zero-order chi connectivity index (χ0) is 19.3. The largest absolute Gasteiger partial charge is 0.485 e. The molecule has 2 N–H and O–H groups in total. The molecule has 27 heavy (non-hydrogen) atoms. The molecule has 0 aliphatic carbocycles. The van der Waals surface area contributed by atoms with Crippen LogP contribution in [0.15, 0.2) is 48.7 Å². The second-order valence-corrected chi connectivity index (χ2v) is 7.23. The molecule has 136 valence electrons. The highest BCUT2D eigenvalue weighted by atomic mass is 16.5. The number of hydrogen-bond donors (Lipinski definition) is 2. The molecule has 2 aromatic carbocycles. The van der Waals surface area contributed by atoms with Gasteiger partial charge in [0.15, 0.2) is 0 Å². The van der Waals surface area contributed by atoms with Crippen LogP contribution in [-0.4, -0.2) is 32.5 Å². The molecule has 2 atom stereocenters. The van der Waals surface area contributed by atoms with Crippen molar-refractivity contribution < 1.29 is 19.7 Å². The molecule has 1 aliphatic heterocycles. The number of nitrogens with zero attached hydrogens (tertiary/aromatic N) is 2. The normalized spacial score (nSPS) is 20.5. The highest BCUT2D eigenvalue weighted by molar-refractivity contribution is 6.03. The first-order chi connectivity index (χ1) is 12.8. The predicted octanol–water partition coefficient (Wildman–Crippen LogP) is 3.33. The molecule has 0 radical (unpaired) electrons. The zero-order valence-electron chi connectivity index (χ0n) is 14.9. The minimum Gasteiger partial charge on any atom is -0.485 e. The van der Waals surface area contributed by atoms with Crippen molar-refractivity contribution in [3.05, 3.63) is 65.4 Å². The number of ether oxygens (including phenoxy) is 1. The van der Waals surface area contributed by atoms with E-state index in [0.717, 1.165) is 0 Å². The Morgan fingerprint density at radius 2 is 2.00 bits per heavy atom. The average molecular weight is 362 g/mol. The van der Waals surface area contributed by atoms with Gasteiger partial charge in [0, 0.05) is 22.7 Å². The fourth-order valence-corrected chi connectivity index (χ4v) is 3.74. The van der Waals surface area contributed by atoms with Crippen LogP contribution in [0.3, 0.4) is 0 Å². The summed E-state index contributed by atoms with van der Waals surface area (Å²) in [5, 5.41) is 30.6. The molecule has 0 saturated heterocycles. The monoisotopic (exact) mass is 362 g/mol. The van der Waals surface area contributed by atoms with E-state index >= 15 is 0 Å². The van der Waals surface area contributed by atoms with E-state index in [1.54, 1.807) is 54.9 Å². The van der Waals surface area contributed by atoms with Gasteiger partial charge in [-0.3, -0.25) is 0 Å². The number of hydrogen-bond acceptors (Lipinski definition) is 4. The van der Waals surface area contributed by atoms with E-state index in [2.05, 4.69) is 6.07 Å². The summed E-state index contributed by atoms with van der Waals surface area (Å²) >= 11 is 0. The highest BCUT2D eigenvalue weighted by Crippen LogP contribution is 2.44. The lowest BCUT2D eigenvalue weighted by molar-refractivity contribution is -0.0629. The first kappa shape index (κ1) is 17.1. The molecule has 0 fully saturated rings. The number of fused-ring (bicyclic) bond motifs is 2. The lowest BCUT2D eigenvalue weighted by atomic mass is 9.85. The average Bonchev–Trinajstić information content (AvgIpc) is 3.02. The van der Waals surface area contributed by atoms with Crippen LogP contribution in [0.4, 0.5) is 0 Å². The van der Waals surface area contributed by atoms with Crippen LogP contribution in [0.5, 0.6) is 5.75 Å². The maximum atomic E-state index is 11.7. The molecule has 0 spiro atoms. The Hall–Kier alpha value is -3.30. The van der Waals surface area contributed by atoms with Crippen LogP contribution in [0.1, 0.15) is 41.4 Å². The molecule has 0 saturated carbocycles. The minimum atomic E-state index is -1.03. The number of rotatable bonds is 2. The quantitative estimate of drug-likeness (QED) is 0.729. The minimum absolute atomic E-state index is 0.167. The summed E-state index contributed by atoms with van der Waals surface area (Å²) in [5.74, 6) is -0.458. The number of aromatic carboxylic acids is 1. The van der Waals surface area contributed by atoms with Gasteiger partial charge in [0.05, 0.1) is 23.2 Å². The number of nitriles is 1. The van der Waals surface area contributed by atoms with Crippen molar-refractivity contribution in [2.24, 2.45) is 0 Å². The lowest BCUT2D eigenvalue weighted by Crippen LogP contribution is -2.50. The molecular formula is C21H18N2O4. The smallest absolute Gasteiger partial charge is 0.337 e. The molecule has 3 aromatic rings. The van der Waals surface area contributed by atoms with Crippen molar-refractivity contribution >= 4 is 16.9 Å². The molecule has 6 nitrogen and oxygen atoms in total. The van der Waals surface area contributed by atoms with E-state index in [4.69, 9.17) is 4.74 Å². The summed E-state index contributed by atoms with van der Waals surface area (Å²) in [6.45, 7) is 3.57. The molecule has 2 heterocycles. The number of carboxylic acids is 1. The van der Waals surface area contributed by atoms with Crippen molar-refractivity contribution in [2.75, 3.05) is 0 Å². The summed E-state index contributed by atoms with van der Waals surface area (Å²) in [5.41, 5.74) is 1.08. The molecule has 1 aromatic heterocycles. The second-order valence-electron chi connectivity index (χ2n) is 7.23. The number of aromatic nitrogens is 1. The van der Waals surface area contributed by atoms with Crippen LogP contribution in [0, 0.1) is 11.3 Å². The first-order valence-corrected chi connectivity index (χ1v) is 8.57. The number of para-hydroxylation sites is 1. The van der Waals surface area contributed by atoms with Crippen molar-refractivity contribution in [2.45, 2.75) is 31.6 Å². The van der Waals surface area contributed by atoms with Gasteiger partial charge in [-0.15, -0.1) is 0 Å². The molecule has 6 heteroatoms. The Morgan fingerprint density at radius 3 is 2.70 bits per heavy atom. The fourth-order valence-electron chi connectivity index (χ4n) is 3.74. The van der Waals surface area contributed by atoms with Crippen LogP contribution in [-0.2, 0) is 0 Å². The number of aliphatic hydroxyl groups is 1. The van der Waals surface area contributed by atoms with Gasteiger partial charge in [-0.25, -0.2) is 4.79 Å². The van der Waals surface area contributed by atoms with Gasteiger partial charge in [0.1, 0.15) is 17.5 Å². The van der Waals surface area contributed by atoms with Crippen molar-refractivity contribution in [3.63, 3.8) is 0 Å². The number of benzene rings is 2. The van der Waals surface area contributed by atoms with Gasteiger partial charge in [-0.1, -0.05) is 18.2 Å². The fraction of sp³-hybridized carbons (Fsp3) is 0.238. The predicted molar refractivity (Wildman–Crippen MR) is 98.9 cm³/mol. The molecule has 2 unspecified atom stereocenters. The Kier molecular flexibility index (Phi) is 3.72.